The molecule has 0 unspecified atom stereocenters. The van der Waals surface area contributed by atoms with Gasteiger partial charge in [-0.2, -0.15) is 0 Å². The number of rotatable bonds is 4. The molecule has 0 radical (unpaired) electrons. The van der Waals surface area contributed by atoms with E-state index in [2.05, 4.69) is 92.9 Å². The Balaban J connectivity index is 0.00000325. The summed E-state index contributed by atoms with van der Waals surface area (Å²) in [5, 5.41) is 16.5. The van der Waals surface area contributed by atoms with Gasteiger partial charge in [-0.05, 0) is 85.2 Å². The smallest absolute Gasteiger partial charge is 0.217 e. The van der Waals surface area contributed by atoms with Gasteiger partial charge in [0.2, 0.25) is 5.88 Å². The second-order valence-electron chi connectivity index (χ2n) is 12.5. The van der Waals surface area contributed by atoms with Crippen LogP contribution in [0, 0.1) is 33.8 Å². The molecule has 8 rings (SSSR count). The quantitative estimate of drug-likeness (QED) is 0.181. The van der Waals surface area contributed by atoms with E-state index in [0.717, 1.165) is 62.4 Å². The van der Waals surface area contributed by atoms with Crippen molar-refractivity contribution < 1.29 is 30.9 Å². The van der Waals surface area contributed by atoms with Crippen molar-refractivity contribution in [3.8, 4) is 23.2 Å². The molecule has 228 valence electrons. The van der Waals surface area contributed by atoms with Crippen LogP contribution in [-0.4, -0.2) is 19.6 Å². The summed E-state index contributed by atoms with van der Waals surface area (Å²) < 4.78 is 8.82. The molecular weight excluding hydrogens is 738 g/mol. The molecule has 45 heavy (non-hydrogen) atoms. The molecular formula is C39H34N3O2Pt-. The number of aryl methyl sites for hydroxylation is 4. The Morgan fingerprint density at radius 3 is 2.44 bits per heavy atom. The number of benzene rings is 4. The standard InChI is InChI=1S/C39H34N3O2.Pt/c1-22-17-24(3)36-31(18-22)42(39-29-12-8-7-11-27(29)15-16-40-39)32-20-28(19-25(4)37(32)36)44-34-21-30(26-9-5-6-10-26)35-23(2)13-14-33(43)38(35)41-34;/h7-8,11-19,21,26,43H,5-6,9-10H2,1-4H3;/q-1;. The number of hydrogen-bond donors (Lipinski definition) is 1. The summed E-state index contributed by atoms with van der Waals surface area (Å²) in [6, 6.07) is 26.4. The van der Waals surface area contributed by atoms with Gasteiger partial charge >= 0.3 is 0 Å². The molecule has 0 atom stereocenters. The molecule has 0 bridgehead atoms. The molecule has 3 heterocycles. The summed E-state index contributed by atoms with van der Waals surface area (Å²) in [6.45, 7) is 8.55. The summed E-state index contributed by atoms with van der Waals surface area (Å²) in [5.41, 5.74) is 8.48. The Hall–Kier alpha value is -4.21. The van der Waals surface area contributed by atoms with E-state index in [1.54, 1.807) is 6.07 Å². The van der Waals surface area contributed by atoms with Crippen LogP contribution in [0.15, 0.2) is 72.9 Å². The molecule has 0 amide bonds. The van der Waals surface area contributed by atoms with E-state index < -0.39 is 0 Å². The first-order valence-electron chi connectivity index (χ1n) is 15.5. The number of aromatic nitrogens is 3. The van der Waals surface area contributed by atoms with E-state index in [1.807, 2.05) is 12.3 Å². The van der Waals surface area contributed by atoms with E-state index in [1.165, 1.54) is 34.9 Å². The fourth-order valence-electron chi connectivity index (χ4n) is 7.51. The van der Waals surface area contributed by atoms with Crippen molar-refractivity contribution in [2.45, 2.75) is 59.3 Å². The fraction of sp³-hybridized carbons (Fsp3) is 0.231. The first-order valence-corrected chi connectivity index (χ1v) is 15.5. The summed E-state index contributed by atoms with van der Waals surface area (Å²) >= 11 is 0. The van der Waals surface area contributed by atoms with Gasteiger partial charge in [0.1, 0.15) is 17.1 Å². The number of hydrogen-bond acceptors (Lipinski definition) is 4. The van der Waals surface area contributed by atoms with Crippen LogP contribution in [0.25, 0.3) is 49.3 Å². The van der Waals surface area contributed by atoms with Crippen molar-refractivity contribution in [3.05, 3.63) is 107 Å². The van der Waals surface area contributed by atoms with Crippen molar-refractivity contribution in [2.75, 3.05) is 0 Å². The fourth-order valence-corrected chi connectivity index (χ4v) is 7.51. The van der Waals surface area contributed by atoms with E-state index in [0.29, 0.717) is 23.1 Å². The van der Waals surface area contributed by atoms with Crippen LogP contribution in [0.5, 0.6) is 17.4 Å². The van der Waals surface area contributed by atoms with Crippen LogP contribution in [0.3, 0.4) is 0 Å². The summed E-state index contributed by atoms with van der Waals surface area (Å²) in [4.78, 5) is 9.77. The zero-order valence-electron chi connectivity index (χ0n) is 25.8. The normalized spacial score (nSPS) is 13.7. The Kier molecular flexibility index (Phi) is 7.41. The molecule has 1 aliphatic rings. The van der Waals surface area contributed by atoms with Crippen LogP contribution in [0.1, 0.15) is 59.4 Å². The molecule has 3 aromatic heterocycles. The molecule has 6 heteroatoms. The van der Waals surface area contributed by atoms with Crippen LogP contribution in [-0.2, 0) is 21.1 Å². The molecule has 5 nitrogen and oxygen atoms in total. The average Bonchev–Trinajstić information content (AvgIpc) is 3.66. The Morgan fingerprint density at radius 1 is 0.844 bits per heavy atom. The number of ether oxygens (including phenoxy) is 1. The number of nitrogens with zero attached hydrogens (tertiary/aromatic N) is 3. The van der Waals surface area contributed by atoms with Crippen LogP contribution in [0.4, 0.5) is 0 Å². The van der Waals surface area contributed by atoms with E-state index in [9.17, 15) is 5.11 Å². The SMILES string of the molecule is Cc1cc(C)c2c3c(C)cc(Oc4cc(C5CCCC5)c5c(C)ccc(O)c5n4)[c-]c3n(-c3nccc4ccccc34)c2c1.[Pt]. The van der Waals surface area contributed by atoms with Gasteiger partial charge in [-0.3, -0.25) is 0 Å². The Labute approximate surface area is 277 Å². The maximum Gasteiger partial charge on any atom is 0.217 e. The van der Waals surface area contributed by atoms with Gasteiger partial charge in [0.15, 0.2) is 0 Å². The minimum absolute atomic E-state index is 0. The molecule has 0 spiro atoms. The van der Waals surface area contributed by atoms with Gasteiger partial charge in [-0.15, -0.1) is 17.7 Å². The minimum Gasteiger partial charge on any atom is -0.506 e. The average molecular weight is 772 g/mol. The van der Waals surface area contributed by atoms with Crippen molar-refractivity contribution >= 4 is 43.5 Å². The van der Waals surface area contributed by atoms with Crippen molar-refractivity contribution in [1.82, 2.24) is 14.5 Å². The second kappa shape index (κ2) is 11.3. The predicted molar refractivity (Wildman–Crippen MR) is 179 cm³/mol. The molecule has 0 aliphatic heterocycles. The summed E-state index contributed by atoms with van der Waals surface area (Å²) in [5.74, 6) is 2.55. The summed E-state index contributed by atoms with van der Waals surface area (Å²) in [7, 11) is 0. The van der Waals surface area contributed by atoms with Crippen molar-refractivity contribution in [2.24, 2.45) is 0 Å². The molecule has 1 N–H and O–H groups in total. The maximum absolute atomic E-state index is 10.9. The van der Waals surface area contributed by atoms with Gasteiger partial charge in [-0.1, -0.05) is 72.6 Å². The number of phenolic OH excluding ortho intramolecular Hbond substituents is 1. The van der Waals surface area contributed by atoms with Crippen molar-refractivity contribution in [3.63, 3.8) is 0 Å². The largest absolute Gasteiger partial charge is 0.506 e. The molecule has 4 aromatic carbocycles. The van der Waals surface area contributed by atoms with Gasteiger partial charge in [0, 0.05) is 55.4 Å². The topological polar surface area (TPSA) is 60.2 Å². The first-order chi connectivity index (χ1) is 21.4. The maximum atomic E-state index is 10.9. The Bertz CT molecular complexity index is 2280. The van der Waals surface area contributed by atoms with Gasteiger partial charge < -0.3 is 14.4 Å². The predicted octanol–water partition coefficient (Wildman–Crippen LogP) is 10.1. The zero-order valence-corrected chi connectivity index (χ0v) is 28.1. The van der Waals surface area contributed by atoms with Gasteiger partial charge in [0.25, 0.3) is 0 Å². The van der Waals surface area contributed by atoms with Crippen LogP contribution >= 0.6 is 0 Å². The molecule has 1 fully saturated rings. The van der Waals surface area contributed by atoms with Gasteiger partial charge in [-0.25, -0.2) is 9.97 Å². The van der Waals surface area contributed by atoms with Crippen molar-refractivity contribution in [1.29, 1.82) is 0 Å². The zero-order chi connectivity index (χ0) is 30.1. The first kappa shape index (κ1) is 29.5. The van der Waals surface area contributed by atoms with Crippen LogP contribution < -0.4 is 4.74 Å². The number of pyridine rings is 2. The van der Waals surface area contributed by atoms with E-state index in [4.69, 9.17) is 14.7 Å². The van der Waals surface area contributed by atoms with Crippen LogP contribution in [0.2, 0.25) is 0 Å². The minimum atomic E-state index is 0. The number of phenols is 1. The third-order valence-electron chi connectivity index (χ3n) is 9.42. The second-order valence-corrected chi connectivity index (χ2v) is 12.5. The van der Waals surface area contributed by atoms with E-state index in [-0.39, 0.29) is 26.8 Å². The number of aromatic hydroxyl groups is 1. The molecule has 1 aliphatic carbocycles. The summed E-state index contributed by atoms with van der Waals surface area (Å²) in [6.07, 6.45) is 6.60. The monoisotopic (exact) mass is 771 g/mol. The third kappa shape index (κ3) is 4.80. The third-order valence-corrected chi connectivity index (χ3v) is 9.42. The molecule has 7 aromatic rings. The molecule has 0 saturated heterocycles. The number of fused-ring (bicyclic) bond motifs is 5. The van der Waals surface area contributed by atoms with Gasteiger partial charge in [0.05, 0.1) is 0 Å². The Morgan fingerprint density at radius 2 is 1.62 bits per heavy atom. The van der Waals surface area contributed by atoms with E-state index >= 15 is 0 Å². The molecule has 1 saturated carbocycles.